The van der Waals surface area contributed by atoms with Crippen LogP contribution in [0.15, 0.2) is 48.8 Å². The Morgan fingerprint density at radius 1 is 1.18 bits per heavy atom. The molecule has 0 aliphatic carbocycles. The molecular weight excluding hydrogens is 356 g/mol. The number of anilines is 1. The lowest BCUT2D eigenvalue weighted by Gasteiger charge is -2.32. The van der Waals surface area contributed by atoms with Gasteiger partial charge in [0.15, 0.2) is 0 Å². The zero-order chi connectivity index (χ0) is 19.8. The highest BCUT2D eigenvalue weighted by atomic mass is 16.6. The van der Waals surface area contributed by atoms with E-state index in [1.54, 1.807) is 17.3 Å². The molecule has 1 saturated heterocycles. The van der Waals surface area contributed by atoms with Gasteiger partial charge in [0.2, 0.25) is 0 Å². The summed E-state index contributed by atoms with van der Waals surface area (Å²) in [6.45, 7) is 3.98. The van der Waals surface area contributed by atoms with E-state index in [9.17, 15) is 9.59 Å². The van der Waals surface area contributed by atoms with Crippen molar-refractivity contribution in [3.8, 4) is 0 Å². The van der Waals surface area contributed by atoms with E-state index in [2.05, 4.69) is 15.6 Å². The molecule has 0 radical (unpaired) electrons. The fraction of sp³-hybridized carbons (Fsp3) is 0.381. The predicted octanol–water partition coefficient (Wildman–Crippen LogP) is 3.04. The van der Waals surface area contributed by atoms with Crippen LogP contribution in [-0.4, -0.2) is 47.6 Å². The van der Waals surface area contributed by atoms with E-state index in [4.69, 9.17) is 4.74 Å². The third kappa shape index (κ3) is 5.45. The number of pyridine rings is 1. The summed E-state index contributed by atoms with van der Waals surface area (Å²) >= 11 is 0. The largest absolute Gasteiger partial charge is 0.450 e. The van der Waals surface area contributed by atoms with Gasteiger partial charge in [0.05, 0.1) is 17.9 Å². The van der Waals surface area contributed by atoms with Gasteiger partial charge in [-0.05, 0) is 31.4 Å². The summed E-state index contributed by atoms with van der Waals surface area (Å²) in [4.78, 5) is 30.1. The van der Waals surface area contributed by atoms with Crippen LogP contribution >= 0.6 is 0 Å². The first-order valence-electron chi connectivity index (χ1n) is 9.61. The van der Waals surface area contributed by atoms with Gasteiger partial charge < -0.3 is 20.3 Å². The van der Waals surface area contributed by atoms with Crippen molar-refractivity contribution in [2.24, 2.45) is 0 Å². The van der Waals surface area contributed by atoms with E-state index in [-0.39, 0.29) is 18.0 Å². The number of benzene rings is 1. The minimum atomic E-state index is -0.250. The molecule has 0 saturated carbocycles. The van der Waals surface area contributed by atoms with Gasteiger partial charge in [-0.25, -0.2) is 4.79 Å². The summed E-state index contributed by atoms with van der Waals surface area (Å²) in [6.07, 6.45) is 4.67. The first kappa shape index (κ1) is 19.7. The Morgan fingerprint density at radius 2 is 1.93 bits per heavy atom. The standard InChI is InChI=1S/C21H26N4O3/c1-2-28-21(27)25-10-8-18(9-11-25)24-19-12-17(14-22-15-19)20(26)23-13-16-6-4-3-5-7-16/h3-7,12,14-15,18,24H,2,8-11,13H2,1H3,(H,23,26). The lowest BCUT2D eigenvalue weighted by Crippen LogP contribution is -2.42. The molecule has 1 aliphatic heterocycles. The van der Waals surface area contributed by atoms with E-state index in [0.29, 0.717) is 31.8 Å². The predicted molar refractivity (Wildman–Crippen MR) is 107 cm³/mol. The van der Waals surface area contributed by atoms with E-state index in [1.807, 2.05) is 43.3 Å². The highest BCUT2D eigenvalue weighted by Crippen LogP contribution is 2.17. The van der Waals surface area contributed by atoms with Crippen LogP contribution < -0.4 is 10.6 Å². The minimum absolute atomic E-state index is 0.155. The zero-order valence-electron chi connectivity index (χ0n) is 16.1. The Labute approximate surface area is 165 Å². The Morgan fingerprint density at radius 3 is 2.64 bits per heavy atom. The number of piperidine rings is 1. The smallest absolute Gasteiger partial charge is 0.409 e. The molecule has 7 heteroatoms. The monoisotopic (exact) mass is 382 g/mol. The van der Waals surface area contributed by atoms with Gasteiger partial charge in [0.1, 0.15) is 0 Å². The van der Waals surface area contributed by atoms with Crippen molar-refractivity contribution in [1.29, 1.82) is 0 Å². The molecular formula is C21H26N4O3. The van der Waals surface area contributed by atoms with Crippen LogP contribution in [0.3, 0.4) is 0 Å². The van der Waals surface area contributed by atoms with Crippen LogP contribution in [0.5, 0.6) is 0 Å². The molecule has 0 atom stereocenters. The van der Waals surface area contributed by atoms with Gasteiger partial charge in [-0.1, -0.05) is 30.3 Å². The van der Waals surface area contributed by atoms with E-state index < -0.39 is 0 Å². The number of rotatable bonds is 6. The fourth-order valence-electron chi connectivity index (χ4n) is 3.18. The minimum Gasteiger partial charge on any atom is -0.450 e. The van der Waals surface area contributed by atoms with Crippen molar-refractivity contribution in [1.82, 2.24) is 15.2 Å². The number of amides is 2. The zero-order valence-corrected chi connectivity index (χ0v) is 16.1. The molecule has 1 aromatic heterocycles. The molecule has 148 valence electrons. The third-order valence-electron chi connectivity index (χ3n) is 4.69. The SMILES string of the molecule is CCOC(=O)N1CCC(Nc2cncc(C(=O)NCc3ccccc3)c2)CC1. The molecule has 0 bridgehead atoms. The third-order valence-corrected chi connectivity index (χ3v) is 4.69. The highest BCUT2D eigenvalue weighted by molar-refractivity contribution is 5.94. The molecule has 0 spiro atoms. The van der Waals surface area contributed by atoms with Gasteiger partial charge in [-0.15, -0.1) is 0 Å². The second-order valence-corrected chi connectivity index (χ2v) is 6.74. The Kier molecular flexibility index (Phi) is 6.84. The number of carbonyl (C=O) groups excluding carboxylic acids is 2. The number of ether oxygens (including phenoxy) is 1. The topological polar surface area (TPSA) is 83.6 Å². The lowest BCUT2D eigenvalue weighted by molar-refractivity contribution is 0.0948. The number of aromatic nitrogens is 1. The molecule has 2 amide bonds. The number of carbonyl (C=O) groups is 2. The van der Waals surface area contributed by atoms with Crippen molar-refractivity contribution in [2.45, 2.75) is 32.4 Å². The van der Waals surface area contributed by atoms with Crippen molar-refractivity contribution >= 4 is 17.7 Å². The van der Waals surface area contributed by atoms with Gasteiger partial charge in [-0.3, -0.25) is 9.78 Å². The van der Waals surface area contributed by atoms with Crippen LogP contribution in [0.1, 0.15) is 35.7 Å². The molecule has 2 N–H and O–H groups in total. The number of nitrogens with one attached hydrogen (secondary N) is 2. The first-order chi connectivity index (χ1) is 13.7. The van der Waals surface area contributed by atoms with Crippen LogP contribution in [-0.2, 0) is 11.3 Å². The fourth-order valence-corrected chi connectivity index (χ4v) is 3.18. The van der Waals surface area contributed by atoms with Crippen molar-refractivity contribution in [3.63, 3.8) is 0 Å². The molecule has 1 fully saturated rings. The normalized spacial score (nSPS) is 14.4. The summed E-state index contributed by atoms with van der Waals surface area (Å²) < 4.78 is 5.04. The Hall–Kier alpha value is -3.09. The Balaban J connectivity index is 1.51. The van der Waals surface area contributed by atoms with Crippen LogP contribution in [0, 0.1) is 0 Å². The van der Waals surface area contributed by atoms with E-state index >= 15 is 0 Å². The number of nitrogens with zero attached hydrogens (tertiary/aromatic N) is 2. The second-order valence-electron chi connectivity index (χ2n) is 6.74. The summed E-state index contributed by atoms with van der Waals surface area (Å²) in [5.41, 5.74) is 2.37. The van der Waals surface area contributed by atoms with Gasteiger partial charge in [0.25, 0.3) is 5.91 Å². The first-order valence-corrected chi connectivity index (χ1v) is 9.61. The van der Waals surface area contributed by atoms with Gasteiger partial charge >= 0.3 is 6.09 Å². The van der Waals surface area contributed by atoms with Crippen molar-refractivity contribution in [2.75, 3.05) is 25.0 Å². The second kappa shape index (κ2) is 9.73. The molecule has 28 heavy (non-hydrogen) atoms. The van der Waals surface area contributed by atoms with E-state index in [1.165, 1.54) is 0 Å². The summed E-state index contributed by atoms with van der Waals surface area (Å²) in [5, 5.41) is 6.33. The van der Waals surface area contributed by atoms with E-state index in [0.717, 1.165) is 24.1 Å². The number of likely N-dealkylation sites (tertiary alicyclic amines) is 1. The molecule has 7 nitrogen and oxygen atoms in total. The molecule has 3 rings (SSSR count). The van der Waals surface area contributed by atoms with Crippen molar-refractivity contribution in [3.05, 3.63) is 59.9 Å². The average molecular weight is 382 g/mol. The van der Waals surface area contributed by atoms with Crippen molar-refractivity contribution < 1.29 is 14.3 Å². The lowest BCUT2D eigenvalue weighted by atomic mass is 10.1. The molecule has 1 aliphatic rings. The van der Waals surface area contributed by atoms with Crippen LogP contribution in [0.2, 0.25) is 0 Å². The molecule has 0 unspecified atom stereocenters. The summed E-state index contributed by atoms with van der Waals surface area (Å²) in [7, 11) is 0. The van der Waals surface area contributed by atoms with Gasteiger partial charge in [0, 0.05) is 38.1 Å². The average Bonchev–Trinajstić information content (AvgIpc) is 2.73. The molecule has 2 aromatic rings. The summed E-state index contributed by atoms with van der Waals surface area (Å²) in [5.74, 6) is -0.155. The Bertz CT molecular complexity index is 789. The van der Waals surface area contributed by atoms with Crippen LogP contribution in [0.4, 0.5) is 10.5 Å². The maximum atomic E-state index is 12.4. The maximum absolute atomic E-state index is 12.4. The molecule has 1 aromatic carbocycles. The van der Waals surface area contributed by atoms with Crippen LogP contribution in [0.25, 0.3) is 0 Å². The number of hydrogen-bond donors (Lipinski definition) is 2. The highest BCUT2D eigenvalue weighted by Gasteiger charge is 2.23. The number of hydrogen-bond acceptors (Lipinski definition) is 5. The quantitative estimate of drug-likeness (QED) is 0.802. The summed E-state index contributed by atoms with van der Waals surface area (Å²) in [6, 6.07) is 11.8. The maximum Gasteiger partial charge on any atom is 0.409 e. The molecule has 2 heterocycles. The van der Waals surface area contributed by atoms with Gasteiger partial charge in [-0.2, -0.15) is 0 Å².